The van der Waals surface area contributed by atoms with Gasteiger partial charge in [0.1, 0.15) is 0 Å². The molecule has 0 amide bonds. The van der Waals surface area contributed by atoms with Gasteiger partial charge >= 0.3 is 205 Å². The second-order valence-corrected chi connectivity index (χ2v) is 17.5. The first-order chi connectivity index (χ1) is 22.2. The SMILES string of the molecule is [Se]=P(c1ccccc1)(c1ccccc1)c1ccc(-c2ccc3c(ccc4c5ccccc5c5nc6ccccc6n5c34)c2)cn1. The van der Waals surface area contributed by atoms with Crippen LogP contribution in [0.5, 0.6) is 0 Å². The van der Waals surface area contributed by atoms with Crippen LogP contribution in [0.15, 0.2) is 158 Å². The van der Waals surface area contributed by atoms with Gasteiger partial charge in [-0.2, -0.15) is 0 Å². The van der Waals surface area contributed by atoms with E-state index in [1.807, 2.05) is 6.20 Å². The zero-order valence-electron chi connectivity index (χ0n) is 24.2. The van der Waals surface area contributed by atoms with Gasteiger partial charge in [-0.3, -0.25) is 0 Å². The molecule has 0 radical (unpaired) electrons. The molecule has 0 fully saturated rings. The standard InChI is InChI=1S/C40H26N3PSe/c45-44(30-11-3-1-4-12-30,31-13-5-2-6-14-31)38-24-21-29(26-41-38)27-19-22-32-28(25-27)20-23-34-33-15-7-8-16-35(33)40-42-36-17-9-10-18-37(36)43(40)39(32)34/h1-26H. The van der Waals surface area contributed by atoms with E-state index in [-0.39, 0.29) is 0 Å². The van der Waals surface area contributed by atoms with Crippen LogP contribution < -0.4 is 16.0 Å². The molecular formula is C40H26N3PSe. The van der Waals surface area contributed by atoms with E-state index in [2.05, 4.69) is 171 Å². The van der Waals surface area contributed by atoms with Crippen LogP contribution in [0.2, 0.25) is 0 Å². The van der Waals surface area contributed by atoms with E-state index in [1.54, 1.807) is 0 Å². The molecule has 6 aromatic carbocycles. The molecule has 0 saturated carbocycles. The fourth-order valence-electron chi connectivity index (χ4n) is 6.73. The zero-order valence-corrected chi connectivity index (χ0v) is 26.8. The van der Waals surface area contributed by atoms with Crippen LogP contribution in [-0.4, -0.2) is 29.5 Å². The Kier molecular flexibility index (Phi) is 6.11. The number of nitrogens with zero attached hydrogens (tertiary/aromatic N) is 3. The van der Waals surface area contributed by atoms with Gasteiger partial charge in [-0.05, 0) is 12.1 Å². The van der Waals surface area contributed by atoms with Crippen LogP contribution in [0.25, 0.3) is 60.3 Å². The third-order valence-corrected chi connectivity index (χ3v) is 15.7. The fourth-order valence-corrected chi connectivity index (χ4v) is 11.5. The molecule has 0 unspecified atom stereocenters. The van der Waals surface area contributed by atoms with E-state index in [9.17, 15) is 0 Å². The molecule has 0 atom stereocenters. The van der Waals surface area contributed by atoms with Crippen molar-refractivity contribution in [1.29, 1.82) is 0 Å². The summed E-state index contributed by atoms with van der Waals surface area (Å²) in [6.07, 6.45) is 2.03. The molecule has 212 valence electrons. The third kappa shape index (κ3) is 4.07. The number of para-hydroxylation sites is 2. The maximum atomic E-state index is 5.12. The van der Waals surface area contributed by atoms with Crippen LogP contribution in [0.3, 0.4) is 0 Å². The molecule has 0 saturated heterocycles. The van der Waals surface area contributed by atoms with Gasteiger partial charge in [-0.1, -0.05) is 36.4 Å². The molecule has 0 aliphatic heterocycles. The first kappa shape index (κ1) is 26.5. The number of hydrogen-bond acceptors (Lipinski definition) is 2. The maximum absolute atomic E-state index is 5.12. The molecule has 5 heteroatoms. The summed E-state index contributed by atoms with van der Waals surface area (Å²) in [6, 6.07) is 54.2. The van der Waals surface area contributed by atoms with Crippen molar-refractivity contribution < 1.29 is 0 Å². The van der Waals surface area contributed by atoms with Gasteiger partial charge in [0.15, 0.2) is 0 Å². The molecule has 0 N–H and O–H groups in total. The first-order valence-corrected chi connectivity index (χ1v) is 19.0. The Hall–Kier alpha value is -4.85. The van der Waals surface area contributed by atoms with Crippen molar-refractivity contribution in [1.82, 2.24) is 14.4 Å². The summed E-state index contributed by atoms with van der Waals surface area (Å²) in [6.45, 7) is 0. The Balaban J connectivity index is 1.22. The number of aromatic nitrogens is 3. The van der Waals surface area contributed by atoms with Crippen LogP contribution in [0, 0.1) is 0 Å². The Bertz CT molecular complexity index is 2570. The zero-order chi connectivity index (χ0) is 30.0. The minimum absolute atomic E-state index is 0.996. The predicted molar refractivity (Wildman–Crippen MR) is 193 cm³/mol. The van der Waals surface area contributed by atoms with Crippen molar-refractivity contribution in [2.45, 2.75) is 0 Å². The van der Waals surface area contributed by atoms with E-state index in [0.29, 0.717) is 0 Å². The summed E-state index contributed by atoms with van der Waals surface area (Å²) in [5.41, 5.74) is 5.64. The van der Waals surface area contributed by atoms with Gasteiger partial charge in [0.05, 0.1) is 5.52 Å². The summed E-state index contributed by atoms with van der Waals surface area (Å²) in [5.74, 6) is 0. The molecule has 0 spiro atoms. The average Bonchev–Trinajstić information content (AvgIpc) is 3.51. The van der Waals surface area contributed by atoms with Crippen LogP contribution in [-0.2, 0) is 0 Å². The predicted octanol–water partition coefficient (Wildman–Crippen LogP) is 8.39. The van der Waals surface area contributed by atoms with Crippen molar-refractivity contribution in [2.24, 2.45) is 0 Å². The van der Waals surface area contributed by atoms with Crippen molar-refractivity contribution >= 4 is 85.8 Å². The fraction of sp³-hybridized carbons (Fsp3) is 0. The quantitative estimate of drug-likeness (QED) is 0.108. The van der Waals surface area contributed by atoms with Gasteiger partial charge in [0, 0.05) is 5.39 Å². The summed E-state index contributed by atoms with van der Waals surface area (Å²) < 4.78 is 2.35. The van der Waals surface area contributed by atoms with Gasteiger partial charge in [-0.25, -0.2) is 4.98 Å². The average molecular weight is 659 g/mol. The summed E-state index contributed by atoms with van der Waals surface area (Å²) >= 11 is 3.62. The molecule has 9 aromatic rings. The summed E-state index contributed by atoms with van der Waals surface area (Å²) in [7, 11) is 0. The Morgan fingerprint density at radius 3 is 1.91 bits per heavy atom. The molecule has 3 aromatic heterocycles. The molecule has 0 aliphatic rings. The van der Waals surface area contributed by atoms with Crippen molar-refractivity contribution in [3.63, 3.8) is 0 Å². The van der Waals surface area contributed by atoms with Gasteiger partial charge in [0.2, 0.25) is 0 Å². The van der Waals surface area contributed by atoms with Crippen molar-refractivity contribution in [3.8, 4) is 11.1 Å². The third-order valence-electron chi connectivity index (χ3n) is 8.88. The Labute approximate surface area is 268 Å². The van der Waals surface area contributed by atoms with E-state index in [0.717, 1.165) is 33.2 Å². The minimum atomic E-state index is -2.01. The second-order valence-electron chi connectivity index (χ2n) is 11.4. The summed E-state index contributed by atoms with van der Waals surface area (Å²) in [5, 5.41) is 8.58. The molecule has 3 heterocycles. The summed E-state index contributed by atoms with van der Waals surface area (Å²) in [4.78, 5) is 10.2. The van der Waals surface area contributed by atoms with E-state index < -0.39 is 5.51 Å². The number of imidazole rings is 1. The van der Waals surface area contributed by atoms with E-state index in [4.69, 9.17) is 9.97 Å². The van der Waals surface area contributed by atoms with Crippen LogP contribution >= 0.6 is 5.51 Å². The number of rotatable bonds is 4. The van der Waals surface area contributed by atoms with Gasteiger partial charge < -0.3 is 0 Å². The van der Waals surface area contributed by atoms with Crippen LogP contribution in [0.4, 0.5) is 0 Å². The topological polar surface area (TPSA) is 30.2 Å². The second kappa shape index (κ2) is 10.4. The van der Waals surface area contributed by atoms with Crippen molar-refractivity contribution in [2.75, 3.05) is 0 Å². The molecule has 0 bridgehead atoms. The number of fused-ring (bicyclic) bond motifs is 10. The molecule has 45 heavy (non-hydrogen) atoms. The normalized spacial score (nSPS) is 12.1. The number of hydrogen-bond donors (Lipinski definition) is 0. The number of pyridine rings is 2. The molecule has 9 rings (SSSR count). The number of benzene rings is 6. The van der Waals surface area contributed by atoms with Crippen molar-refractivity contribution in [3.05, 3.63) is 158 Å². The molecule has 3 nitrogen and oxygen atoms in total. The monoisotopic (exact) mass is 659 g/mol. The van der Waals surface area contributed by atoms with Gasteiger partial charge in [-0.15, -0.1) is 0 Å². The Morgan fingerprint density at radius 1 is 0.533 bits per heavy atom. The molecule has 0 aliphatic carbocycles. The molecular weight excluding hydrogens is 632 g/mol. The van der Waals surface area contributed by atoms with E-state index in [1.165, 1.54) is 43.1 Å². The van der Waals surface area contributed by atoms with Crippen LogP contribution in [0.1, 0.15) is 0 Å². The van der Waals surface area contributed by atoms with Gasteiger partial charge in [0.25, 0.3) is 0 Å². The first-order valence-electron chi connectivity index (χ1n) is 15.0. The van der Waals surface area contributed by atoms with E-state index >= 15 is 0 Å². The Morgan fingerprint density at radius 2 is 1.18 bits per heavy atom.